The van der Waals surface area contributed by atoms with Crippen LogP contribution in [0.25, 0.3) is 89.0 Å². The van der Waals surface area contributed by atoms with E-state index in [1.54, 1.807) is 28.4 Å². The maximum absolute atomic E-state index is 5.49. The van der Waals surface area contributed by atoms with Gasteiger partial charge in [-0.15, -0.1) is 0 Å². The third-order valence-electron chi connectivity index (χ3n) is 16.6. The molecule has 0 saturated heterocycles. The van der Waals surface area contributed by atoms with Gasteiger partial charge in [-0.2, -0.15) is 0 Å². The second kappa shape index (κ2) is 24.9. The van der Waals surface area contributed by atoms with Crippen molar-refractivity contribution < 1.29 is 18.9 Å². The molecule has 0 heterocycles. The van der Waals surface area contributed by atoms with Gasteiger partial charge in [0.2, 0.25) is 0 Å². The van der Waals surface area contributed by atoms with Crippen molar-refractivity contribution in [2.45, 2.75) is 55.4 Å². The Morgan fingerprint density at radius 2 is 0.419 bits per heavy atom. The standard InChI is InChI=1S/C82H70O4/c1-51-43-65(61-25-33-69(83-9)34-26-61)44-52(2)79(51)75-15-13-16-76(80-53(3)45-66(46-54(80)4)62-27-35-70(84-10)36-28-62)73(75)41-23-59-19-21-60(22-20-59)24-42-74-77(81-55(5)47-67(48-56(81)6)63-29-37-71(85-11)38-30-63)17-14-18-78(74)82-57(7)49-68(50-58(82)8)64-31-39-72(86-12)40-32-64/h13-22,25-40,43-50H,1-12H3. The lowest BCUT2D eigenvalue weighted by Gasteiger charge is -2.20. The van der Waals surface area contributed by atoms with Crippen molar-refractivity contribution in [3.8, 4) is 136 Å². The Labute approximate surface area is 508 Å². The van der Waals surface area contributed by atoms with Crippen molar-refractivity contribution in [3.63, 3.8) is 0 Å². The predicted molar refractivity (Wildman–Crippen MR) is 359 cm³/mol. The molecule has 0 N–H and O–H groups in total. The number of aryl methyl sites for hydroxylation is 8. The summed E-state index contributed by atoms with van der Waals surface area (Å²) in [5, 5.41) is 0. The quantitative estimate of drug-likeness (QED) is 0.114. The molecule has 4 heteroatoms. The van der Waals surface area contributed by atoms with Gasteiger partial charge < -0.3 is 18.9 Å². The van der Waals surface area contributed by atoms with Crippen molar-refractivity contribution in [3.05, 3.63) is 273 Å². The van der Waals surface area contributed by atoms with E-state index in [4.69, 9.17) is 18.9 Å². The number of benzene rings is 11. The number of methoxy groups -OCH3 is 4. The van der Waals surface area contributed by atoms with Crippen LogP contribution in [0.3, 0.4) is 0 Å². The first-order valence-electron chi connectivity index (χ1n) is 29.2. The summed E-state index contributed by atoms with van der Waals surface area (Å²) in [5.74, 6) is 18.2. The zero-order chi connectivity index (χ0) is 60.2. The molecule has 11 aromatic carbocycles. The van der Waals surface area contributed by atoms with Gasteiger partial charge in [0.15, 0.2) is 0 Å². The van der Waals surface area contributed by atoms with Crippen LogP contribution >= 0.6 is 0 Å². The molecule has 4 nitrogen and oxygen atoms in total. The molecule has 0 bridgehead atoms. The van der Waals surface area contributed by atoms with Gasteiger partial charge in [-0.05, 0) is 262 Å². The van der Waals surface area contributed by atoms with Crippen LogP contribution < -0.4 is 18.9 Å². The SMILES string of the molecule is COc1ccc(-c2cc(C)c(-c3cccc(-c4c(C)cc(-c5ccc(OC)cc5)cc4C)c3C#Cc3ccc(C#Cc4c(-c5c(C)cc(-c6ccc(OC)cc6)cc5C)cccc4-c4c(C)cc(-c5ccc(OC)cc5)cc4C)cc3)c(C)c2)cc1. The molecule has 11 rings (SSSR count). The lowest BCUT2D eigenvalue weighted by molar-refractivity contribution is 0.415. The Kier molecular flexibility index (Phi) is 16.7. The predicted octanol–water partition coefficient (Wildman–Crippen LogP) is 20.3. The first-order valence-corrected chi connectivity index (χ1v) is 29.2. The minimum Gasteiger partial charge on any atom is -0.497 e. The van der Waals surface area contributed by atoms with Crippen LogP contribution in [0.5, 0.6) is 23.0 Å². The molecular weight excluding hydrogens is 1050 g/mol. The molecule has 0 aliphatic carbocycles. The van der Waals surface area contributed by atoms with Crippen molar-refractivity contribution in [1.82, 2.24) is 0 Å². The molecule has 86 heavy (non-hydrogen) atoms. The van der Waals surface area contributed by atoms with Crippen LogP contribution in [-0.4, -0.2) is 28.4 Å². The third kappa shape index (κ3) is 11.8. The summed E-state index contributed by atoms with van der Waals surface area (Å²) in [6.45, 7) is 17.7. The van der Waals surface area contributed by atoms with Crippen LogP contribution in [0.1, 0.15) is 66.8 Å². The molecule has 11 aromatic rings. The largest absolute Gasteiger partial charge is 0.497 e. The third-order valence-corrected chi connectivity index (χ3v) is 16.6. The summed E-state index contributed by atoms with van der Waals surface area (Å²) in [7, 11) is 6.80. The van der Waals surface area contributed by atoms with Gasteiger partial charge in [0.1, 0.15) is 23.0 Å². The smallest absolute Gasteiger partial charge is 0.118 e. The fraction of sp³-hybridized carbons (Fsp3) is 0.146. The van der Waals surface area contributed by atoms with Gasteiger partial charge in [-0.1, -0.05) is 157 Å². The van der Waals surface area contributed by atoms with Crippen molar-refractivity contribution in [2.75, 3.05) is 28.4 Å². The van der Waals surface area contributed by atoms with E-state index in [0.29, 0.717) is 0 Å². The van der Waals surface area contributed by atoms with E-state index in [2.05, 4.69) is 237 Å². The van der Waals surface area contributed by atoms with Gasteiger partial charge in [0.05, 0.1) is 28.4 Å². The molecule has 0 aromatic heterocycles. The van der Waals surface area contributed by atoms with E-state index in [0.717, 1.165) is 112 Å². The molecule has 0 saturated carbocycles. The maximum atomic E-state index is 5.49. The molecule has 0 amide bonds. The molecule has 0 aliphatic heterocycles. The molecular formula is C82H70O4. The number of hydrogen-bond donors (Lipinski definition) is 0. The Balaban J connectivity index is 1.01. The highest BCUT2D eigenvalue weighted by Crippen LogP contribution is 2.43. The van der Waals surface area contributed by atoms with E-state index < -0.39 is 0 Å². The second-order valence-electron chi connectivity index (χ2n) is 22.4. The highest BCUT2D eigenvalue weighted by atomic mass is 16.5. The van der Waals surface area contributed by atoms with E-state index in [1.165, 1.54) is 66.8 Å². The van der Waals surface area contributed by atoms with Crippen LogP contribution in [0.15, 0.2) is 206 Å². The van der Waals surface area contributed by atoms with E-state index in [9.17, 15) is 0 Å². The van der Waals surface area contributed by atoms with Gasteiger partial charge in [0, 0.05) is 22.3 Å². The normalized spacial score (nSPS) is 10.8. The van der Waals surface area contributed by atoms with Crippen LogP contribution in [0.2, 0.25) is 0 Å². The average molecular weight is 1120 g/mol. The fourth-order valence-corrected chi connectivity index (χ4v) is 12.5. The summed E-state index contributed by atoms with van der Waals surface area (Å²) in [5.41, 5.74) is 31.5. The van der Waals surface area contributed by atoms with Gasteiger partial charge >= 0.3 is 0 Å². The summed E-state index contributed by atoms with van der Waals surface area (Å²) < 4.78 is 22.0. The Morgan fingerprint density at radius 1 is 0.221 bits per heavy atom. The summed E-state index contributed by atoms with van der Waals surface area (Å²) in [6.07, 6.45) is 0. The molecule has 0 unspecified atom stereocenters. The monoisotopic (exact) mass is 1120 g/mol. The number of rotatable bonds is 12. The van der Waals surface area contributed by atoms with E-state index in [1.807, 2.05) is 48.5 Å². The molecule has 0 fully saturated rings. The zero-order valence-corrected chi connectivity index (χ0v) is 51.3. The zero-order valence-electron chi connectivity index (χ0n) is 51.3. The molecule has 0 radical (unpaired) electrons. The van der Waals surface area contributed by atoms with Gasteiger partial charge in [0.25, 0.3) is 0 Å². The maximum Gasteiger partial charge on any atom is 0.118 e. The topological polar surface area (TPSA) is 36.9 Å². The Bertz CT molecular complexity index is 3860. The Hall–Kier alpha value is -10.3. The molecule has 0 aliphatic rings. The Morgan fingerprint density at radius 3 is 0.605 bits per heavy atom. The minimum atomic E-state index is 0.836. The summed E-state index contributed by atoms with van der Waals surface area (Å²) in [4.78, 5) is 0. The van der Waals surface area contributed by atoms with Crippen LogP contribution in [-0.2, 0) is 0 Å². The van der Waals surface area contributed by atoms with Crippen molar-refractivity contribution >= 4 is 0 Å². The fourth-order valence-electron chi connectivity index (χ4n) is 12.5. The first kappa shape index (κ1) is 57.6. The lowest BCUT2D eigenvalue weighted by Crippen LogP contribution is -1.98. The first-order chi connectivity index (χ1) is 41.7. The number of ether oxygens (including phenoxy) is 4. The van der Waals surface area contributed by atoms with Gasteiger partial charge in [-0.25, -0.2) is 0 Å². The highest BCUT2D eigenvalue weighted by molar-refractivity contribution is 5.91. The highest BCUT2D eigenvalue weighted by Gasteiger charge is 2.21. The van der Waals surface area contributed by atoms with E-state index >= 15 is 0 Å². The van der Waals surface area contributed by atoms with Crippen molar-refractivity contribution in [2.24, 2.45) is 0 Å². The molecule has 0 spiro atoms. The summed E-state index contributed by atoms with van der Waals surface area (Å²) in [6, 6.07) is 73.1. The molecule has 422 valence electrons. The van der Waals surface area contributed by atoms with Crippen LogP contribution in [0.4, 0.5) is 0 Å². The van der Waals surface area contributed by atoms with Crippen LogP contribution in [0, 0.1) is 79.1 Å². The minimum absolute atomic E-state index is 0.836. The lowest BCUT2D eigenvalue weighted by atomic mass is 9.84. The number of hydrogen-bond acceptors (Lipinski definition) is 4. The van der Waals surface area contributed by atoms with E-state index in [-0.39, 0.29) is 0 Å². The average Bonchev–Trinajstić information content (AvgIpc) is 1.07. The summed E-state index contributed by atoms with van der Waals surface area (Å²) >= 11 is 0. The van der Waals surface area contributed by atoms with Crippen molar-refractivity contribution in [1.29, 1.82) is 0 Å². The molecule has 0 atom stereocenters. The van der Waals surface area contributed by atoms with Gasteiger partial charge in [-0.3, -0.25) is 0 Å². The second-order valence-corrected chi connectivity index (χ2v) is 22.4.